The molecule has 0 saturated heterocycles. The van der Waals surface area contributed by atoms with Crippen LogP contribution < -0.4 is 10.6 Å². The minimum atomic E-state index is -4.61. The van der Waals surface area contributed by atoms with Crippen molar-refractivity contribution in [3.05, 3.63) is 48.0 Å². The number of aromatic nitrogens is 1. The number of benzene rings is 2. The first-order valence-corrected chi connectivity index (χ1v) is 10.1. The molecule has 0 unspecified atom stereocenters. The lowest BCUT2D eigenvalue weighted by atomic mass is 10.1. The van der Waals surface area contributed by atoms with Crippen molar-refractivity contribution in [2.75, 3.05) is 16.9 Å². The SMILES string of the molecule is CS(=O)(=O)c1ccc2nc(NC(=O)Nc3ccccc3C(F)(F)F)sc2c1. The summed E-state index contributed by atoms with van der Waals surface area (Å²) in [5.74, 6) is 0. The Morgan fingerprint density at radius 1 is 1.11 bits per heavy atom. The fraction of sp³-hybridized carbons (Fsp3) is 0.125. The van der Waals surface area contributed by atoms with Crippen LogP contribution in [0.15, 0.2) is 47.4 Å². The first kappa shape index (κ1) is 19.1. The molecule has 11 heteroatoms. The molecule has 2 amide bonds. The van der Waals surface area contributed by atoms with E-state index in [0.717, 1.165) is 29.7 Å². The predicted molar refractivity (Wildman–Crippen MR) is 96.8 cm³/mol. The molecule has 27 heavy (non-hydrogen) atoms. The van der Waals surface area contributed by atoms with Crippen LogP contribution in [0.4, 0.5) is 28.8 Å². The van der Waals surface area contributed by atoms with E-state index in [1.54, 1.807) is 0 Å². The Labute approximate surface area is 156 Å². The number of halogens is 3. The van der Waals surface area contributed by atoms with Gasteiger partial charge in [0.25, 0.3) is 0 Å². The topological polar surface area (TPSA) is 88.2 Å². The van der Waals surface area contributed by atoms with Gasteiger partial charge in [-0.15, -0.1) is 0 Å². The highest BCUT2D eigenvalue weighted by atomic mass is 32.2. The van der Waals surface area contributed by atoms with Gasteiger partial charge in [0, 0.05) is 6.26 Å². The fourth-order valence-corrected chi connectivity index (χ4v) is 3.90. The highest BCUT2D eigenvalue weighted by molar-refractivity contribution is 7.90. The number of carbonyl (C=O) groups is 1. The van der Waals surface area contributed by atoms with Crippen LogP contribution >= 0.6 is 11.3 Å². The number of carbonyl (C=O) groups excluding carboxylic acids is 1. The molecule has 0 bridgehead atoms. The molecule has 0 aliphatic heterocycles. The molecule has 6 nitrogen and oxygen atoms in total. The number of nitrogens with zero attached hydrogens (tertiary/aromatic N) is 1. The first-order chi connectivity index (χ1) is 12.5. The van der Waals surface area contributed by atoms with Gasteiger partial charge in [-0.3, -0.25) is 5.32 Å². The molecule has 2 aromatic carbocycles. The van der Waals surface area contributed by atoms with Crippen molar-refractivity contribution in [3.63, 3.8) is 0 Å². The Bertz CT molecular complexity index is 1120. The Balaban J connectivity index is 1.81. The Morgan fingerprint density at radius 3 is 2.48 bits per heavy atom. The third kappa shape index (κ3) is 4.37. The van der Waals surface area contributed by atoms with Crippen molar-refractivity contribution in [2.45, 2.75) is 11.1 Å². The van der Waals surface area contributed by atoms with Crippen LogP contribution in [0.25, 0.3) is 10.2 Å². The molecule has 0 atom stereocenters. The van der Waals surface area contributed by atoms with Crippen molar-refractivity contribution < 1.29 is 26.4 Å². The van der Waals surface area contributed by atoms with Gasteiger partial charge in [0.05, 0.1) is 26.4 Å². The summed E-state index contributed by atoms with van der Waals surface area (Å²) in [4.78, 5) is 16.3. The van der Waals surface area contributed by atoms with Crippen LogP contribution in [0.2, 0.25) is 0 Å². The van der Waals surface area contributed by atoms with Gasteiger partial charge in [-0.2, -0.15) is 13.2 Å². The number of thiazole rings is 1. The highest BCUT2D eigenvalue weighted by Gasteiger charge is 2.33. The zero-order valence-corrected chi connectivity index (χ0v) is 15.3. The Hall–Kier alpha value is -2.66. The number of anilines is 2. The van der Waals surface area contributed by atoms with Gasteiger partial charge >= 0.3 is 12.2 Å². The van der Waals surface area contributed by atoms with Crippen molar-refractivity contribution in [1.82, 2.24) is 4.98 Å². The lowest BCUT2D eigenvalue weighted by Crippen LogP contribution is -2.21. The molecular formula is C16H12F3N3O3S2. The predicted octanol–water partition coefficient (Wildman–Crippen LogP) is 4.36. The maximum absolute atomic E-state index is 13.0. The lowest BCUT2D eigenvalue weighted by molar-refractivity contribution is -0.136. The number of hydrogen-bond acceptors (Lipinski definition) is 5. The van der Waals surface area contributed by atoms with E-state index in [2.05, 4.69) is 15.6 Å². The molecule has 1 heterocycles. The monoisotopic (exact) mass is 415 g/mol. The molecule has 0 radical (unpaired) electrons. The summed E-state index contributed by atoms with van der Waals surface area (Å²) in [6, 6.07) is 8.00. The van der Waals surface area contributed by atoms with E-state index >= 15 is 0 Å². The summed E-state index contributed by atoms with van der Waals surface area (Å²) in [5, 5.41) is 4.63. The largest absolute Gasteiger partial charge is 0.418 e. The molecule has 1 aromatic heterocycles. The van der Waals surface area contributed by atoms with Crippen molar-refractivity contribution >= 4 is 48.2 Å². The van der Waals surface area contributed by atoms with Gasteiger partial charge < -0.3 is 5.32 Å². The molecule has 0 aliphatic carbocycles. The number of sulfone groups is 1. The number of hydrogen-bond donors (Lipinski definition) is 2. The van der Waals surface area contributed by atoms with E-state index in [1.807, 2.05) is 0 Å². The number of urea groups is 1. The average molecular weight is 415 g/mol. The van der Waals surface area contributed by atoms with Crippen molar-refractivity contribution in [3.8, 4) is 0 Å². The molecule has 0 aliphatic rings. The van der Waals surface area contributed by atoms with Crippen LogP contribution in [-0.4, -0.2) is 25.7 Å². The molecule has 3 rings (SSSR count). The normalized spacial score (nSPS) is 12.1. The number of nitrogens with one attached hydrogen (secondary N) is 2. The number of para-hydroxylation sites is 1. The summed E-state index contributed by atoms with van der Waals surface area (Å²) >= 11 is 1.01. The Kier molecular flexibility index (Phi) is 4.82. The molecule has 2 N–H and O–H groups in total. The van der Waals surface area contributed by atoms with Crippen LogP contribution in [0, 0.1) is 0 Å². The van der Waals surface area contributed by atoms with Crippen molar-refractivity contribution in [1.29, 1.82) is 0 Å². The van der Waals surface area contributed by atoms with E-state index in [-0.39, 0.29) is 15.7 Å². The van der Waals surface area contributed by atoms with Gasteiger partial charge in [-0.1, -0.05) is 23.5 Å². The number of rotatable bonds is 3. The van der Waals surface area contributed by atoms with Gasteiger partial charge in [0.2, 0.25) is 0 Å². The van der Waals surface area contributed by atoms with Gasteiger partial charge in [0.1, 0.15) is 0 Å². The third-order valence-electron chi connectivity index (χ3n) is 3.49. The molecule has 0 spiro atoms. The minimum Gasteiger partial charge on any atom is -0.307 e. The minimum absolute atomic E-state index is 0.105. The zero-order chi connectivity index (χ0) is 19.8. The van der Waals surface area contributed by atoms with Crippen molar-refractivity contribution in [2.24, 2.45) is 0 Å². The molecule has 142 valence electrons. The zero-order valence-electron chi connectivity index (χ0n) is 13.7. The maximum Gasteiger partial charge on any atom is 0.418 e. The van der Waals surface area contributed by atoms with E-state index in [0.29, 0.717) is 10.2 Å². The summed E-state index contributed by atoms with van der Waals surface area (Å²) in [6.07, 6.45) is -3.54. The fourth-order valence-electron chi connectivity index (χ4n) is 2.28. The molecule has 0 saturated carbocycles. The van der Waals surface area contributed by atoms with Gasteiger partial charge in [-0.25, -0.2) is 18.2 Å². The van der Waals surface area contributed by atoms with Crippen LogP contribution in [-0.2, 0) is 16.0 Å². The summed E-state index contributed by atoms with van der Waals surface area (Å²) in [5.41, 5.74) is -0.899. The highest BCUT2D eigenvalue weighted by Crippen LogP contribution is 2.34. The maximum atomic E-state index is 13.0. The van der Waals surface area contributed by atoms with Crippen LogP contribution in [0.3, 0.4) is 0 Å². The van der Waals surface area contributed by atoms with E-state index in [9.17, 15) is 26.4 Å². The summed E-state index contributed by atoms with van der Waals surface area (Å²) in [7, 11) is -3.39. The molecule has 0 fully saturated rings. The molecule has 3 aromatic rings. The van der Waals surface area contributed by atoms with E-state index < -0.39 is 27.6 Å². The standard InChI is InChI=1S/C16H12F3N3O3S2/c1-27(24,25)9-6-7-12-13(8-9)26-15(21-12)22-14(23)20-11-5-3-2-4-10(11)16(17,18)19/h2-8H,1H3,(H2,20,21,22,23). The third-order valence-corrected chi connectivity index (χ3v) is 5.53. The number of amides is 2. The second-order valence-electron chi connectivity index (χ2n) is 5.54. The number of alkyl halides is 3. The average Bonchev–Trinajstić information content (AvgIpc) is 2.94. The van der Waals surface area contributed by atoms with Crippen LogP contribution in [0.5, 0.6) is 0 Å². The number of fused-ring (bicyclic) bond motifs is 1. The first-order valence-electron chi connectivity index (χ1n) is 7.39. The lowest BCUT2D eigenvalue weighted by Gasteiger charge is -2.13. The summed E-state index contributed by atoms with van der Waals surface area (Å²) in [6.45, 7) is 0. The van der Waals surface area contributed by atoms with Crippen LogP contribution in [0.1, 0.15) is 5.56 Å². The quantitative estimate of drug-likeness (QED) is 0.665. The second-order valence-corrected chi connectivity index (χ2v) is 8.59. The van der Waals surface area contributed by atoms with Gasteiger partial charge in [-0.05, 0) is 30.3 Å². The smallest absolute Gasteiger partial charge is 0.307 e. The van der Waals surface area contributed by atoms with Gasteiger partial charge in [0.15, 0.2) is 15.0 Å². The van der Waals surface area contributed by atoms with E-state index in [1.165, 1.54) is 30.3 Å². The summed E-state index contributed by atoms with van der Waals surface area (Å²) < 4.78 is 62.6. The van der Waals surface area contributed by atoms with E-state index in [4.69, 9.17) is 0 Å². The molecular weight excluding hydrogens is 403 g/mol. The second kappa shape index (κ2) is 6.82. The Morgan fingerprint density at radius 2 is 1.81 bits per heavy atom.